The summed E-state index contributed by atoms with van der Waals surface area (Å²) < 4.78 is 6.51. The van der Waals surface area contributed by atoms with Crippen molar-refractivity contribution in [3.05, 3.63) is 62.7 Å². The van der Waals surface area contributed by atoms with E-state index in [2.05, 4.69) is 20.6 Å². The Bertz CT molecular complexity index is 1270. The van der Waals surface area contributed by atoms with Crippen molar-refractivity contribution in [2.24, 2.45) is 0 Å². The zero-order valence-corrected chi connectivity index (χ0v) is 19.7. The second-order valence-corrected chi connectivity index (χ2v) is 9.29. The average Bonchev–Trinajstić information content (AvgIpc) is 3.50. The van der Waals surface area contributed by atoms with Crippen LogP contribution in [0.5, 0.6) is 0 Å². The molecular weight excluding hydrogens is 446 g/mol. The molecule has 1 amide bonds. The molecule has 4 aromatic heterocycles. The lowest BCUT2D eigenvalue weighted by Gasteiger charge is -2.08. The van der Waals surface area contributed by atoms with Crippen LogP contribution in [0.25, 0.3) is 20.5 Å². The van der Waals surface area contributed by atoms with Crippen molar-refractivity contribution in [2.75, 3.05) is 6.54 Å². The van der Waals surface area contributed by atoms with Gasteiger partial charge in [0, 0.05) is 24.6 Å². The van der Waals surface area contributed by atoms with E-state index in [1.54, 1.807) is 28.7 Å². The largest absolute Gasteiger partial charge is 0.361 e. The molecule has 0 fully saturated rings. The number of hydrogen-bond acceptors (Lipinski definition) is 8. The maximum atomic E-state index is 12.3. The van der Waals surface area contributed by atoms with Crippen LogP contribution in [0.3, 0.4) is 0 Å². The molecule has 0 aliphatic heterocycles. The number of aryl methyl sites for hydroxylation is 3. The highest BCUT2D eigenvalue weighted by molar-refractivity contribution is 7.23. The van der Waals surface area contributed by atoms with Crippen molar-refractivity contribution in [3.63, 3.8) is 0 Å². The first-order valence-electron chi connectivity index (χ1n) is 10.2. The fourth-order valence-corrected chi connectivity index (χ4v) is 5.18. The molecule has 4 heterocycles. The van der Waals surface area contributed by atoms with E-state index in [-0.39, 0.29) is 11.5 Å². The van der Waals surface area contributed by atoms with Gasteiger partial charge in [-0.3, -0.25) is 9.59 Å². The Hall–Kier alpha value is -3.11. The summed E-state index contributed by atoms with van der Waals surface area (Å²) >= 11 is 3.20. The van der Waals surface area contributed by atoms with Crippen molar-refractivity contribution < 1.29 is 9.32 Å². The zero-order valence-electron chi connectivity index (χ0n) is 18.0. The SMILES string of the molecule is Cc1nc(-c2cccs2)sc1-c1ccc(=O)n(CCNC(=O)CCc2c(C)noc2C)n1. The summed E-state index contributed by atoms with van der Waals surface area (Å²) in [5.74, 6) is 0.650. The van der Waals surface area contributed by atoms with Gasteiger partial charge in [0.1, 0.15) is 16.5 Å². The molecule has 8 nitrogen and oxygen atoms in total. The number of carbonyl (C=O) groups is 1. The Morgan fingerprint density at radius 3 is 2.75 bits per heavy atom. The molecule has 0 aliphatic rings. The highest BCUT2D eigenvalue weighted by atomic mass is 32.1. The highest BCUT2D eigenvalue weighted by Crippen LogP contribution is 2.35. The number of carbonyl (C=O) groups excluding carboxylic acids is 1. The first-order chi connectivity index (χ1) is 15.4. The smallest absolute Gasteiger partial charge is 0.266 e. The predicted octanol–water partition coefficient (Wildman–Crippen LogP) is 3.76. The molecule has 4 rings (SSSR count). The van der Waals surface area contributed by atoms with E-state index < -0.39 is 0 Å². The van der Waals surface area contributed by atoms with Gasteiger partial charge in [0.15, 0.2) is 0 Å². The first-order valence-corrected chi connectivity index (χ1v) is 11.9. The molecule has 0 atom stereocenters. The summed E-state index contributed by atoms with van der Waals surface area (Å²) in [5, 5.41) is 14.2. The van der Waals surface area contributed by atoms with Gasteiger partial charge in [0.05, 0.1) is 27.7 Å². The molecule has 0 spiro atoms. The van der Waals surface area contributed by atoms with Crippen LogP contribution in [-0.4, -0.2) is 32.4 Å². The van der Waals surface area contributed by atoms with Gasteiger partial charge in [-0.1, -0.05) is 11.2 Å². The van der Waals surface area contributed by atoms with E-state index in [9.17, 15) is 9.59 Å². The van der Waals surface area contributed by atoms with Gasteiger partial charge in [-0.15, -0.1) is 22.7 Å². The quantitative estimate of drug-likeness (QED) is 0.422. The van der Waals surface area contributed by atoms with Gasteiger partial charge in [-0.25, -0.2) is 9.67 Å². The van der Waals surface area contributed by atoms with Crippen LogP contribution in [0.4, 0.5) is 0 Å². The van der Waals surface area contributed by atoms with Crippen LogP contribution in [0.15, 0.2) is 39.0 Å². The van der Waals surface area contributed by atoms with Crippen LogP contribution in [0, 0.1) is 20.8 Å². The topological polar surface area (TPSA) is 103 Å². The molecule has 1 N–H and O–H groups in total. The molecule has 0 aromatic carbocycles. The molecule has 0 unspecified atom stereocenters. The normalized spacial score (nSPS) is 11.1. The van der Waals surface area contributed by atoms with Gasteiger partial charge in [-0.05, 0) is 44.7 Å². The summed E-state index contributed by atoms with van der Waals surface area (Å²) in [6.45, 7) is 6.26. The third-order valence-electron chi connectivity index (χ3n) is 5.06. The average molecular weight is 470 g/mol. The minimum atomic E-state index is -0.209. The number of aromatic nitrogens is 4. The lowest BCUT2D eigenvalue weighted by atomic mass is 10.1. The number of thiophene rings is 1. The summed E-state index contributed by atoms with van der Waals surface area (Å²) in [4.78, 5) is 31.2. The van der Waals surface area contributed by atoms with Crippen molar-refractivity contribution in [3.8, 4) is 20.5 Å². The van der Waals surface area contributed by atoms with Gasteiger partial charge >= 0.3 is 0 Å². The van der Waals surface area contributed by atoms with Crippen molar-refractivity contribution >= 4 is 28.6 Å². The molecule has 4 aromatic rings. The fraction of sp³-hybridized carbons (Fsp3) is 0.318. The van der Waals surface area contributed by atoms with E-state index in [4.69, 9.17) is 4.52 Å². The van der Waals surface area contributed by atoms with E-state index in [1.807, 2.05) is 38.3 Å². The van der Waals surface area contributed by atoms with E-state index in [0.29, 0.717) is 31.6 Å². The number of hydrogen-bond donors (Lipinski definition) is 1. The third kappa shape index (κ3) is 4.86. The lowest BCUT2D eigenvalue weighted by molar-refractivity contribution is -0.121. The molecule has 166 valence electrons. The lowest BCUT2D eigenvalue weighted by Crippen LogP contribution is -2.32. The molecule has 0 bridgehead atoms. The Kier molecular flexibility index (Phi) is 6.61. The summed E-state index contributed by atoms with van der Waals surface area (Å²) in [6, 6.07) is 7.26. The minimum Gasteiger partial charge on any atom is -0.361 e. The maximum absolute atomic E-state index is 12.3. The van der Waals surface area contributed by atoms with Gasteiger partial charge in [0.25, 0.3) is 5.56 Å². The molecule has 10 heteroatoms. The third-order valence-corrected chi connectivity index (χ3v) is 7.28. The molecule has 0 aliphatic carbocycles. The maximum Gasteiger partial charge on any atom is 0.266 e. The number of nitrogens with zero attached hydrogens (tertiary/aromatic N) is 4. The number of amides is 1. The molecular formula is C22H23N5O3S2. The van der Waals surface area contributed by atoms with Crippen LogP contribution < -0.4 is 10.9 Å². The Balaban J connectivity index is 1.38. The number of nitrogens with one attached hydrogen (secondary N) is 1. The summed E-state index contributed by atoms with van der Waals surface area (Å²) in [7, 11) is 0. The Morgan fingerprint density at radius 1 is 1.19 bits per heavy atom. The molecule has 0 saturated carbocycles. The van der Waals surface area contributed by atoms with Gasteiger partial charge < -0.3 is 9.84 Å². The van der Waals surface area contributed by atoms with E-state index in [1.165, 1.54) is 10.7 Å². The van der Waals surface area contributed by atoms with Crippen molar-refractivity contribution in [1.29, 1.82) is 0 Å². The monoisotopic (exact) mass is 469 g/mol. The molecule has 32 heavy (non-hydrogen) atoms. The Morgan fingerprint density at radius 2 is 2.03 bits per heavy atom. The van der Waals surface area contributed by atoms with Gasteiger partial charge in [-0.2, -0.15) is 5.10 Å². The van der Waals surface area contributed by atoms with Crippen LogP contribution in [0.1, 0.15) is 29.1 Å². The van der Waals surface area contributed by atoms with Crippen molar-refractivity contribution in [1.82, 2.24) is 25.2 Å². The second kappa shape index (κ2) is 9.58. The second-order valence-electron chi connectivity index (χ2n) is 7.34. The summed E-state index contributed by atoms with van der Waals surface area (Å²) in [5.41, 5.74) is 3.14. The molecule has 0 radical (unpaired) electrons. The number of rotatable bonds is 8. The van der Waals surface area contributed by atoms with Gasteiger partial charge in [0.2, 0.25) is 5.91 Å². The van der Waals surface area contributed by atoms with Crippen LogP contribution >= 0.6 is 22.7 Å². The fourth-order valence-electron chi connectivity index (χ4n) is 3.36. The predicted molar refractivity (Wildman–Crippen MR) is 125 cm³/mol. The van der Waals surface area contributed by atoms with Crippen LogP contribution in [0.2, 0.25) is 0 Å². The van der Waals surface area contributed by atoms with Crippen LogP contribution in [-0.2, 0) is 17.8 Å². The summed E-state index contributed by atoms with van der Waals surface area (Å²) in [6.07, 6.45) is 0.898. The highest BCUT2D eigenvalue weighted by Gasteiger charge is 2.15. The first kappa shape index (κ1) is 22.1. The van der Waals surface area contributed by atoms with Crippen molar-refractivity contribution in [2.45, 2.75) is 40.2 Å². The number of thiazole rings is 1. The van der Waals surface area contributed by atoms with E-state index >= 15 is 0 Å². The zero-order chi connectivity index (χ0) is 22.7. The Labute approximate surface area is 192 Å². The standard InChI is InChI=1S/C22H23N5O3S2/c1-13-16(15(3)30-26-13)6-8-19(28)23-10-11-27-20(29)9-7-17(25-27)21-14(2)24-22(32-21)18-5-4-12-31-18/h4-5,7,9,12H,6,8,10-11H2,1-3H3,(H,23,28). The minimum absolute atomic E-state index is 0.0897. The molecule has 0 saturated heterocycles. The van der Waals surface area contributed by atoms with E-state index in [0.717, 1.165) is 37.5 Å².